The highest BCUT2D eigenvalue weighted by Gasteiger charge is 2.14. The maximum Gasteiger partial charge on any atom is 0.250 e. The summed E-state index contributed by atoms with van der Waals surface area (Å²) in [6.07, 6.45) is 7.45. The fraction of sp³-hybridized carbons (Fsp3) is 0.417. The van der Waals surface area contributed by atoms with E-state index >= 15 is 0 Å². The highest BCUT2D eigenvalue weighted by atomic mass is 16.5. The fourth-order valence-electron chi connectivity index (χ4n) is 3.14. The van der Waals surface area contributed by atoms with Crippen LogP contribution in [-0.4, -0.2) is 34.9 Å². The highest BCUT2D eigenvalue weighted by molar-refractivity contribution is 5.59. The van der Waals surface area contributed by atoms with Gasteiger partial charge >= 0.3 is 0 Å². The molecule has 0 unspecified atom stereocenters. The molecule has 32 heavy (non-hydrogen) atoms. The Hall–Kier alpha value is -3.42. The predicted octanol–water partition coefficient (Wildman–Crippen LogP) is 5.27. The van der Waals surface area contributed by atoms with Gasteiger partial charge in [-0.3, -0.25) is 0 Å². The number of aromatic nitrogens is 7. The number of nitrogens with zero attached hydrogens (tertiary/aromatic N) is 7. The highest BCUT2D eigenvalue weighted by Crippen LogP contribution is 2.23. The Morgan fingerprint density at radius 2 is 1.31 bits per heavy atom. The molecule has 4 aromatic rings. The van der Waals surface area contributed by atoms with Crippen molar-refractivity contribution in [3.63, 3.8) is 0 Å². The predicted molar refractivity (Wildman–Crippen MR) is 124 cm³/mol. The van der Waals surface area contributed by atoms with Crippen LogP contribution in [0.2, 0.25) is 0 Å². The lowest BCUT2D eigenvalue weighted by Gasteiger charge is -2.05. The number of rotatable bonds is 4. The van der Waals surface area contributed by atoms with Crippen LogP contribution in [0.3, 0.4) is 0 Å². The third-order valence-electron chi connectivity index (χ3n) is 5.12. The third-order valence-corrected chi connectivity index (χ3v) is 5.12. The zero-order valence-corrected chi connectivity index (χ0v) is 20.1. The van der Waals surface area contributed by atoms with Crippen LogP contribution in [0.1, 0.15) is 73.5 Å². The molecule has 4 rings (SSSR count). The zero-order chi connectivity index (χ0) is 23.4. The first-order chi connectivity index (χ1) is 15.2. The molecule has 0 amide bonds. The van der Waals surface area contributed by atoms with Gasteiger partial charge in [-0.15, -0.1) is 0 Å². The molecule has 4 heterocycles. The van der Waals surface area contributed by atoms with Crippen molar-refractivity contribution in [1.82, 2.24) is 34.9 Å². The van der Waals surface area contributed by atoms with Crippen molar-refractivity contribution in [2.75, 3.05) is 0 Å². The standard InChI is InChI=1S/C12H16N4.C12H15N3O/c1-8(2)11-6-13-12(14-7-11)16-10(4)5-9(3)15-16;1-7(2)10-5-13-12(14-6-10)11-8(3)15-16-9(11)4/h5-8H,1-4H3;5-7H,1-4H3. The molecular formula is C24H31N7O. The molecular weight excluding hydrogens is 402 g/mol. The van der Waals surface area contributed by atoms with Gasteiger partial charge in [-0.2, -0.15) is 5.10 Å². The summed E-state index contributed by atoms with van der Waals surface area (Å²) in [5, 5.41) is 8.24. The zero-order valence-electron chi connectivity index (χ0n) is 20.1. The van der Waals surface area contributed by atoms with E-state index in [0.29, 0.717) is 23.6 Å². The van der Waals surface area contributed by atoms with Gasteiger partial charge in [0.15, 0.2) is 5.82 Å². The number of hydrogen-bond donors (Lipinski definition) is 0. The molecule has 0 aromatic carbocycles. The van der Waals surface area contributed by atoms with Crippen LogP contribution in [-0.2, 0) is 0 Å². The van der Waals surface area contributed by atoms with Crippen molar-refractivity contribution in [2.24, 2.45) is 0 Å². The molecule has 0 radical (unpaired) electrons. The molecule has 0 spiro atoms. The first-order valence-corrected chi connectivity index (χ1v) is 10.8. The van der Waals surface area contributed by atoms with Gasteiger partial charge in [0.1, 0.15) is 5.76 Å². The van der Waals surface area contributed by atoms with Crippen LogP contribution in [0.5, 0.6) is 0 Å². The number of hydrogen-bond acceptors (Lipinski definition) is 7. The normalized spacial score (nSPS) is 11.1. The summed E-state index contributed by atoms with van der Waals surface area (Å²) >= 11 is 0. The largest absolute Gasteiger partial charge is 0.361 e. The van der Waals surface area contributed by atoms with E-state index in [1.165, 1.54) is 0 Å². The lowest BCUT2D eigenvalue weighted by molar-refractivity contribution is 0.393. The van der Waals surface area contributed by atoms with Crippen molar-refractivity contribution in [2.45, 2.75) is 67.2 Å². The van der Waals surface area contributed by atoms with Gasteiger partial charge in [0, 0.05) is 30.5 Å². The Labute approximate surface area is 189 Å². The van der Waals surface area contributed by atoms with E-state index in [4.69, 9.17) is 4.52 Å². The molecule has 0 aliphatic carbocycles. The van der Waals surface area contributed by atoms with Crippen LogP contribution < -0.4 is 0 Å². The van der Waals surface area contributed by atoms with Crippen LogP contribution in [0, 0.1) is 27.7 Å². The quantitative estimate of drug-likeness (QED) is 0.432. The number of aryl methyl sites for hydroxylation is 4. The maximum absolute atomic E-state index is 5.10. The van der Waals surface area contributed by atoms with E-state index in [9.17, 15) is 0 Å². The SMILES string of the molecule is Cc1cc(C)n(-c2ncc(C(C)C)cn2)n1.Cc1noc(C)c1-c1ncc(C(C)C)cn1. The molecule has 8 heteroatoms. The molecule has 0 saturated carbocycles. The van der Waals surface area contributed by atoms with Gasteiger partial charge in [-0.1, -0.05) is 32.9 Å². The van der Waals surface area contributed by atoms with Gasteiger partial charge in [-0.05, 0) is 56.7 Å². The Kier molecular flexibility index (Phi) is 7.12. The molecule has 0 saturated heterocycles. The van der Waals surface area contributed by atoms with Crippen LogP contribution in [0.25, 0.3) is 17.3 Å². The molecule has 0 aliphatic heterocycles. The van der Waals surface area contributed by atoms with Crippen molar-refractivity contribution in [1.29, 1.82) is 0 Å². The summed E-state index contributed by atoms with van der Waals surface area (Å²) in [6.45, 7) is 16.2. The second kappa shape index (κ2) is 9.80. The molecule has 4 aromatic heterocycles. The van der Waals surface area contributed by atoms with Crippen molar-refractivity contribution >= 4 is 0 Å². The van der Waals surface area contributed by atoms with Crippen LogP contribution in [0.15, 0.2) is 35.4 Å². The Morgan fingerprint density at radius 1 is 0.781 bits per heavy atom. The molecule has 0 fully saturated rings. The van der Waals surface area contributed by atoms with Gasteiger partial charge in [0.2, 0.25) is 0 Å². The summed E-state index contributed by atoms with van der Waals surface area (Å²) in [5.74, 6) is 2.97. The van der Waals surface area contributed by atoms with Crippen molar-refractivity contribution in [3.8, 4) is 17.3 Å². The molecule has 0 atom stereocenters. The molecule has 8 nitrogen and oxygen atoms in total. The van der Waals surface area contributed by atoms with E-state index in [0.717, 1.165) is 39.5 Å². The second-order valence-corrected chi connectivity index (χ2v) is 8.50. The maximum atomic E-state index is 5.10. The Balaban J connectivity index is 0.000000181. The summed E-state index contributed by atoms with van der Waals surface area (Å²) in [7, 11) is 0. The van der Waals surface area contributed by atoms with Gasteiger partial charge in [0.25, 0.3) is 5.95 Å². The smallest absolute Gasteiger partial charge is 0.250 e. The minimum Gasteiger partial charge on any atom is -0.361 e. The minimum atomic E-state index is 0.443. The van der Waals surface area contributed by atoms with Crippen LogP contribution >= 0.6 is 0 Å². The third kappa shape index (κ3) is 5.25. The monoisotopic (exact) mass is 433 g/mol. The lowest BCUT2D eigenvalue weighted by atomic mass is 10.1. The van der Waals surface area contributed by atoms with E-state index < -0.39 is 0 Å². The van der Waals surface area contributed by atoms with Crippen molar-refractivity contribution in [3.05, 3.63) is 64.8 Å². The average molecular weight is 434 g/mol. The van der Waals surface area contributed by atoms with Crippen molar-refractivity contribution < 1.29 is 4.52 Å². The molecule has 0 aliphatic rings. The first-order valence-electron chi connectivity index (χ1n) is 10.8. The van der Waals surface area contributed by atoms with Gasteiger partial charge < -0.3 is 4.52 Å². The van der Waals surface area contributed by atoms with Gasteiger partial charge in [0.05, 0.1) is 17.0 Å². The average Bonchev–Trinajstić information content (AvgIpc) is 3.28. The summed E-state index contributed by atoms with van der Waals surface area (Å²) < 4.78 is 6.86. The molecule has 168 valence electrons. The van der Waals surface area contributed by atoms with E-state index in [-0.39, 0.29) is 0 Å². The summed E-state index contributed by atoms with van der Waals surface area (Å²) in [5.41, 5.74) is 6.04. The lowest BCUT2D eigenvalue weighted by Crippen LogP contribution is -2.05. The fourth-order valence-corrected chi connectivity index (χ4v) is 3.14. The van der Waals surface area contributed by atoms with E-state index in [1.807, 2.05) is 58.5 Å². The van der Waals surface area contributed by atoms with E-state index in [2.05, 4.69) is 57.9 Å². The van der Waals surface area contributed by atoms with Gasteiger partial charge in [-0.25, -0.2) is 24.6 Å². The Morgan fingerprint density at radius 3 is 1.72 bits per heavy atom. The Bertz CT molecular complexity index is 1140. The summed E-state index contributed by atoms with van der Waals surface area (Å²) in [6, 6.07) is 2.01. The van der Waals surface area contributed by atoms with E-state index in [1.54, 1.807) is 4.68 Å². The second-order valence-electron chi connectivity index (χ2n) is 8.50. The first kappa shape index (κ1) is 23.2. The molecule has 0 N–H and O–H groups in total. The molecule has 0 bridgehead atoms. The summed E-state index contributed by atoms with van der Waals surface area (Å²) in [4.78, 5) is 17.4. The minimum absolute atomic E-state index is 0.443. The van der Waals surface area contributed by atoms with Crippen LogP contribution in [0.4, 0.5) is 0 Å². The topological polar surface area (TPSA) is 95.4 Å².